The molecule has 0 amide bonds. The summed E-state index contributed by atoms with van der Waals surface area (Å²) in [4.78, 5) is 0. The zero-order valence-corrected chi connectivity index (χ0v) is 13.4. The van der Waals surface area contributed by atoms with E-state index in [-0.39, 0.29) is 0 Å². The smallest absolute Gasteiger partial charge is 0.0130 e. The molecule has 2 atom stereocenters. The molecule has 1 aliphatic rings. The lowest BCUT2D eigenvalue weighted by Crippen LogP contribution is -2.30. The molecule has 1 fully saturated rings. The van der Waals surface area contributed by atoms with Crippen molar-refractivity contribution in [2.24, 2.45) is 5.92 Å². The van der Waals surface area contributed by atoms with Crippen molar-refractivity contribution in [1.29, 1.82) is 0 Å². The van der Waals surface area contributed by atoms with Crippen LogP contribution in [0.5, 0.6) is 0 Å². The van der Waals surface area contributed by atoms with E-state index < -0.39 is 0 Å². The highest BCUT2D eigenvalue weighted by molar-refractivity contribution is 14.1. The Balaban J connectivity index is 1.92. The molecule has 0 heterocycles. The number of nitrogens with one attached hydrogen (secondary N) is 1. The first-order valence-electron chi connectivity index (χ1n) is 7.25. The molecular weight excluding hydrogens is 333 g/mol. The summed E-state index contributed by atoms with van der Waals surface area (Å²) in [7, 11) is 0. The molecule has 2 rings (SSSR count). The van der Waals surface area contributed by atoms with Gasteiger partial charge in [0.1, 0.15) is 0 Å². The van der Waals surface area contributed by atoms with Crippen LogP contribution in [0.4, 0.5) is 0 Å². The van der Waals surface area contributed by atoms with Crippen molar-refractivity contribution in [3.8, 4) is 0 Å². The molecule has 100 valence electrons. The number of hydrogen-bond donors (Lipinski definition) is 1. The average molecular weight is 357 g/mol. The summed E-state index contributed by atoms with van der Waals surface area (Å²) in [5, 5.41) is 3.65. The van der Waals surface area contributed by atoms with Gasteiger partial charge in [0, 0.05) is 9.61 Å². The van der Waals surface area contributed by atoms with E-state index in [9.17, 15) is 0 Å². The lowest BCUT2D eigenvalue weighted by Gasteiger charge is -2.20. The highest BCUT2D eigenvalue weighted by Crippen LogP contribution is 2.26. The number of hydrogen-bond acceptors (Lipinski definition) is 1. The molecule has 1 aromatic carbocycles. The number of halogens is 1. The Hall–Kier alpha value is -0.0900. The van der Waals surface area contributed by atoms with E-state index in [1.165, 1.54) is 47.7 Å². The van der Waals surface area contributed by atoms with Crippen molar-refractivity contribution in [3.05, 3.63) is 33.4 Å². The van der Waals surface area contributed by atoms with Crippen molar-refractivity contribution < 1.29 is 0 Å². The first-order chi connectivity index (χ1) is 8.78. The van der Waals surface area contributed by atoms with E-state index in [0.717, 1.165) is 18.5 Å². The summed E-state index contributed by atoms with van der Waals surface area (Å²) in [6, 6.07) is 9.82. The van der Waals surface area contributed by atoms with Gasteiger partial charge in [-0.25, -0.2) is 0 Å². The van der Waals surface area contributed by atoms with Crippen LogP contribution in [0.2, 0.25) is 0 Å². The predicted octanol–water partition coefficient (Wildman–Crippen LogP) is 4.39. The standard InChI is InChI=1S/C16H24IN/c1-2-18-16-6-4-3-5-14(12-16)11-13-7-9-15(17)10-8-13/h7-10,14,16,18H,2-6,11-12H2,1H3. The Morgan fingerprint density at radius 3 is 2.61 bits per heavy atom. The largest absolute Gasteiger partial charge is 0.314 e. The fourth-order valence-corrected chi connectivity index (χ4v) is 3.43. The molecule has 2 unspecified atom stereocenters. The molecular formula is C16H24IN. The van der Waals surface area contributed by atoms with E-state index in [2.05, 4.69) is 59.1 Å². The van der Waals surface area contributed by atoms with Gasteiger partial charge in [0.25, 0.3) is 0 Å². The average Bonchev–Trinajstić information content (AvgIpc) is 2.58. The summed E-state index contributed by atoms with van der Waals surface area (Å²) < 4.78 is 1.34. The fraction of sp³-hybridized carbons (Fsp3) is 0.625. The highest BCUT2D eigenvalue weighted by Gasteiger charge is 2.19. The first kappa shape index (κ1) is 14.3. The fourth-order valence-electron chi connectivity index (χ4n) is 3.08. The third kappa shape index (κ3) is 4.54. The Morgan fingerprint density at radius 1 is 1.17 bits per heavy atom. The van der Waals surface area contributed by atoms with Crippen molar-refractivity contribution in [1.82, 2.24) is 5.32 Å². The summed E-state index contributed by atoms with van der Waals surface area (Å²) in [5.74, 6) is 0.872. The molecule has 0 radical (unpaired) electrons. The first-order valence-corrected chi connectivity index (χ1v) is 8.33. The minimum Gasteiger partial charge on any atom is -0.314 e. The van der Waals surface area contributed by atoms with Crippen LogP contribution < -0.4 is 5.32 Å². The molecule has 18 heavy (non-hydrogen) atoms. The maximum Gasteiger partial charge on any atom is 0.0130 e. The summed E-state index contributed by atoms with van der Waals surface area (Å²) in [5.41, 5.74) is 1.51. The van der Waals surface area contributed by atoms with Crippen LogP contribution in [-0.2, 0) is 6.42 Å². The van der Waals surface area contributed by atoms with Crippen molar-refractivity contribution in [3.63, 3.8) is 0 Å². The topological polar surface area (TPSA) is 12.0 Å². The van der Waals surface area contributed by atoms with Crippen LogP contribution in [0.15, 0.2) is 24.3 Å². The van der Waals surface area contributed by atoms with Gasteiger partial charge >= 0.3 is 0 Å². The molecule has 0 spiro atoms. The lowest BCUT2D eigenvalue weighted by molar-refractivity contribution is 0.389. The van der Waals surface area contributed by atoms with Gasteiger partial charge in [-0.15, -0.1) is 0 Å². The second-order valence-electron chi connectivity index (χ2n) is 5.47. The molecule has 0 saturated heterocycles. The van der Waals surface area contributed by atoms with E-state index in [1.807, 2.05) is 0 Å². The van der Waals surface area contributed by atoms with Gasteiger partial charge in [0.05, 0.1) is 0 Å². The maximum absolute atomic E-state index is 3.65. The quantitative estimate of drug-likeness (QED) is 0.623. The molecule has 1 aromatic rings. The summed E-state index contributed by atoms with van der Waals surface area (Å²) in [6.07, 6.45) is 8.22. The van der Waals surface area contributed by atoms with Crippen molar-refractivity contribution in [2.45, 2.75) is 51.5 Å². The van der Waals surface area contributed by atoms with Crippen LogP contribution >= 0.6 is 22.6 Å². The molecule has 0 aliphatic heterocycles. The summed E-state index contributed by atoms with van der Waals surface area (Å²) in [6.45, 7) is 3.33. The molecule has 1 saturated carbocycles. The molecule has 1 aliphatic carbocycles. The van der Waals surface area contributed by atoms with Gasteiger partial charge in [-0.2, -0.15) is 0 Å². The minimum atomic E-state index is 0.756. The minimum absolute atomic E-state index is 0.756. The van der Waals surface area contributed by atoms with Gasteiger partial charge in [-0.05, 0) is 72.0 Å². The van der Waals surface area contributed by atoms with E-state index in [0.29, 0.717) is 0 Å². The van der Waals surface area contributed by atoms with Gasteiger partial charge < -0.3 is 5.32 Å². The van der Waals surface area contributed by atoms with Crippen LogP contribution in [0.25, 0.3) is 0 Å². The monoisotopic (exact) mass is 357 g/mol. The van der Waals surface area contributed by atoms with Gasteiger partial charge in [-0.3, -0.25) is 0 Å². The normalized spacial score (nSPS) is 24.8. The van der Waals surface area contributed by atoms with Crippen molar-refractivity contribution >= 4 is 22.6 Å². The van der Waals surface area contributed by atoms with Crippen LogP contribution in [0.1, 0.15) is 44.6 Å². The van der Waals surface area contributed by atoms with E-state index in [1.54, 1.807) is 0 Å². The highest BCUT2D eigenvalue weighted by atomic mass is 127. The van der Waals surface area contributed by atoms with E-state index in [4.69, 9.17) is 0 Å². The molecule has 0 bridgehead atoms. The SMILES string of the molecule is CCNC1CCCCC(Cc2ccc(I)cc2)C1. The molecule has 2 heteroatoms. The molecule has 1 N–H and O–H groups in total. The third-order valence-corrected chi connectivity index (χ3v) is 4.68. The zero-order valence-electron chi connectivity index (χ0n) is 11.3. The zero-order chi connectivity index (χ0) is 12.8. The number of benzene rings is 1. The second-order valence-corrected chi connectivity index (χ2v) is 6.72. The Labute approximate surface area is 125 Å². The maximum atomic E-state index is 3.65. The van der Waals surface area contributed by atoms with Gasteiger partial charge in [0.15, 0.2) is 0 Å². The van der Waals surface area contributed by atoms with Crippen LogP contribution in [-0.4, -0.2) is 12.6 Å². The van der Waals surface area contributed by atoms with E-state index >= 15 is 0 Å². The van der Waals surface area contributed by atoms with Gasteiger partial charge in [-0.1, -0.05) is 38.3 Å². The summed E-state index contributed by atoms with van der Waals surface area (Å²) >= 11 is 2.38. The van der Waals surface area contributed by atoms with Crippen molar-refractivity contribution in [2.75, 3.05) is 6.54 Å². The Bertz CT molecular complexity index is 347. The molecule has 0 aromatic heterocycles. The predicted molar refractivity (Wildman–Crippen MR) is 86.9 cm³/mol. The second kappa shape index (κ2) is 7.49. The van der Waals surface area contributed by atoms with Crippen LogP contribution in [0.3, 0.4) is 0 Å². The third-order valence-electron chi connectivity index (χ3n) is 3.96. The number of rotatable bonds is 4. The Morgan fingerprint density at radius 2 is 1.89 bits per heavy atom. The lowest BCUT2D eigenvalue weighted by atomic mass is 9.91. The Kier molecular flexibility index (Phi) is 5.96. The van der Waals surface area contributed by atoms with Crippen LogP contribution in [0, 0.1) is 9.49 Å². The van der Waals surface area contributed by atoms with Gasteiger partial charge in [0.2, 0.25) is 0 Å². The molecule has 1 nitrogen and oxygen atoms in total.